The smallest absolute Gasteiger partial charge is 0.125 e. The lowest BCUT2D eigenvalue weighted by molar-refractivity contribution is 0.628. The summed E-state index contributed by atoms with van der Waals surface area (Å²) in [7, 11) is 0. The molecule has 0 saturated heterocycles. The van der Waals surface area contributed by atoms with E-state index in [4.69, 9.17) is 5.73 Å². The van der Waals surface area contributed by atoms with Gasteiger partial charge in [0.25, 0.3) is 0 Å². The first kappa shape index (κ1) is 11.9. The van der Waals surface area contributed by atoms with Crippen LogP contribution in [0.1, 0.15) is 5.56 Å². The monoisotopic (exact) mass is 294 g/mol. The molecule has 4 heteroatoms. The topological polar surface area (TPSA) is 38.0 Å². The van der Waals surface area contributed by atoms with E-state index in [1.165, 1.54) is 12.1 Å². The number of nitrogens with one attached hydrogen (secondary N) is 1. The molecule has 0 radical (unpaired) electrons. The molecule has 2 nitrogen and oxygen atoms in total. The van der Waals surface area contributed by atoms with Crippen molar-refractivity contribution in [1.29, 1.82) is 0 Å². The second kappa shape index (κ2) is 4.75. The lowest BCUT2D eigenvalue weighted by Gasteiger charge is -2.11. The molecule has 0 bridgehead atoms. The van der Waals surface area contributed by atoms with Gasteiger partial charge in [-0.05, 0) is 58.7 Å². The average Bonchev–Trinajstić information content (AvgIpc) is 2.27. The molecule has 0 atom stereocenters. The molecule has 17 heavy (non-hydrogen) atoms. The van der Waals surface area contributed by atoms with E-state index in [1.807, 2.05) is 13.0 Å². The summed E-state index contributed by atoms with van der Waals surface area (Å²) in [6.45, 7) is 1.92. The summed E-state index contributed by atoms with van der Waals surface area (Å²) >= 11 is 3.41. The standard InChI is InChI=1S/C13H12BrFN2/c1-8-2-3-9(15)6-13(8)17-12-5-4-10(16)7-11(12)14/h2-7,17H,16H2,1H3. The Hall–Kier alpha value is -1.55. The fourth-order valence-corrected chi connectivity index (χ4v) is 2.00. The molecular weight excluding hydrogens is 283 g/mol. The van der Waals surface area contributed by atoms with E-state index < -0.39 is 0 Å². The largest absolute Gasteiger partial charge is 0.399 e. The van der Waals surface area contributed by atoms with Gasteiger partial charge in [-0.15, -0.1) is 0 Å². The molecule has 88 valence electrons. The van der Waals surface area contributed by atoms with Crippen molar-refractivity contribution in [3.05, 3.63) is 52.3 Å². The highest BCUT2D eigenvalue weighted by Crippen LogP contribution is 2.29. The van der Waals surface area contributed by atoms with Gasteiger partial charge < -0.3 is 11.1 Å². The molecule has 0 unspecified atom stereocenters. The van der Waals surface area contributed by atoms with Gasteiger partial charge in [0.15, 0.2) is 0 Å². The number of rotatable bonds is 2. The molecule has 0 aromatic heterocycles. The summed E-state index contributed by atoms with van der Waals surface area (Å²) in [5.74, 6) is -0.260. The van der Waals surface area contributed by atoms with E-state index in [2.05, 4.69) is 21.2 Å². The Bertz CT molecular complexity index is 555. The number of aryl methyl sites for hydroxylation is 1. The van der Waals surface area contributed by atoms with Crippen molar-refractivity contribution < 1.29 is 4.39 Å². The minimum absolute atomic E-state index is 0.260. The number of hydrogen-bond donors (Lipinski definition) is 2. The summed E-state index contributed by atoms with van der Waals surface area (Å²) in [4.78, 5) is 0. The highest BCUT2D eigenvalue weighted by Gasteiger charge is 2.04. The van der Waals surface area contributed by atoms with Gasteiger partial charge in [0.1, 0.15) is 5.82 Å². The maximum absolute atomic E-state index is 13.1. The van der Waals surface area contributed by atoms with E-state index in [0.29, 0.717) is 5.69 Å². The maximum atomic E-state index is 13.1. The third-order valence-electron chi connectivity index (χ3n) is 2.46. The van der Waals surface area contributed by atoms with Crippen molar-refractivity contribution in [2.75, 3.05) is 11.1 Å². The van der Waals surface area contributed by atoms with E-state index in [1.54, 1.807) is 18.2 Å². The Morgan fingerprint density at radius 1 is 1.12 bits per heavy atom. The van der Waals surface area contributed by atoms with Gasteiger partial charge in [0, 0.05) is 15.8 Å². The van der Waals surface area contributed by atoms with E-state index in [0.717, 1.165) is 21.4 Å². The minimum Gasteiger partial charge on any atom is -0.399 e. The lowest BCUT2D eigenvalue weighted by atomic mass is 10.2. The van der Waals surface area contributed by atoms with Crippen LogP contribution < -0.4 is 11.1 Å². The van der Waals surface area contributed by atoms with Gasteiger partial charge in [0.05, 0.1) is 5.69 Å². The first-order valence-electron chi connectivity index (χ1n) is 5.14. The number of nitrogen functional groups attached to an aromatic ring is 1. The Balaban J connectivity index is 2.34. The van der Waals surface area contributed by atoms with Gasteiger partial charge in [-0.2, -0.15) is 0 Å². The van der Waals surface area contributed by atoms with Crippen LogP contribution in [0.3, 0.4) is 0 Å². The maximum Gasteiger partial charge on any atom is 0.125 e. The highest BCUT2D eigenvalue weighted by molar-refractivity contribution is 9.10. The van der Waals surface area contributed by atoms with Crippen LogP contribution in [-0.2, 0) is 0 Å². The van der Waals surface area contributed by atoms with Gasteiger partial charge in [-0.3, -0.25) is 0 Å². The Morgan fingerprint density at radius 2 is 1.88 bits per heavy atom. The first-order valence-corrected chi connectivity index (χ1v) is 5.94. The SMILES string of the molecule is Cc1ccc(F)cc1Nc1ccc(N)cc1Br. The molecule has 2 aromatic rings. The predicted octanol–water partition coefficient (Wildman–Crippen LogP) is 4.22. The molecule has 0 aliphatic carbocycles. The van der Waals surface area contributed by atoms with E-state index in [9.17, 15) is 4.39 Å². The lowest BCUT2D eigenvalue weighted by Crippen LogP contribution is -1.95. The quantitative estimate of drug-likeness (QED) is 0.814. The van der Waals surface area contributed by atoms with E-state index >= 15 is 0 Å². The second-order valence-electron chi connectivity index (χ2n) is 3.82. The summed E-state index contributed by atoms with van der Waals surface area (Å²) in [6, 6.07) is 10.1. The molecular formula is C13H12BrFN2. The van der Waals surface area contributed by atoms with Gasteiger partial charge in [-0.25, -0.2) is 4.39 Å². The van der Waals surface area contributed by atoms with Crippen LogP contribution in [0.4, 0.5) is 21.5 Å². The molecule has 0 amide bonds. The molecule has 0 aliphatic rings. The van der Waals surface area contributed by atoms with Gasteiger partial charge >= 0.3 is 0 Å². The van der Waals surface area contributed by atoms with Crippen molar-refractivity contribution in [2.45, 2.75) is 6.92 Å². The number of anilines is 3. The third kappa shape index (κ3) is 2.77. The van der Waals surface area contributed by atoms with E-state index in [-0.39, 0.29) is 5.82 Å². The summed E-state index contributed by atoms with van der Waals surface area (Å²) < 4.78 is 14.0. The number of nitrogens with two attached hydrogens (primary N) is 1. The molecule has 2 aromatic carbocycles. The van der Waals surface area contributed by atoms with Gasteiger partial charge in [0.2, 0.25) is 0 Å². The Labute approximate surface area is 108 Å². The summed E-state index contributed by atoms with van der Waals surface area (Å²) in [5.41, 5.74) is 8.92. The van der Waals surface area contributed by atoms with Crippen LogP contribution >= 0.6 is 15.9 Å². The number of benzene rings is 2. The summed E-state index contributed by atoms with van der Waals surface area (Å²) in [6.07, 6.45) is 0. The average molecular weight is 295 g/mol. The highest BCUT2D eigenvalue weighted by atomic mass is 79.9. The van der Waals surface area contributed by atoms with Crippen molar-refractivity contribution in [3.63, 3.8) is 0 Å². The molecule has 3 N–H and O–H groups in total. The van der Waals surface area contributed by atoms with Crippen LogP contribution in [0, 0.1) is 12.7 Å². The zero-order valence-corrected chi connectivity index (χ0v) is 10.9. The third-order valence-corrected chi connectivity index (χ3v) is 3.12. The molecule has 0 saturated carbocycles. The Morgan fingerprint density at radius 3 is 2.59 bits per heavy atom. The molecule has 0 heterocycles. The molecule has 2 rings (SSSR count). The zero-order valence-electron chi connectivity index (χ0n) is 9.30. The van der Waals surface area contributed by atoms with Crippen molar-refractivity contribution in [3.8, 4) is 0 Å². The zero-order chi connectivity index (χ0) is 12.4. The van der Waals surface area contributed by atoms with Crippen LogP contribution in [0.2, 0.25) is 0 Å². The molecule has 0 fully saturated rings. The number of halogens is 2. The van der Waals surface area contributed by atoms with Crippen LogP contribution in [-0.4, -0.2) is 0 Å². The second-order valence-corrected chi connectivity index (χ2v) is 4.68. The van der Waals surface area contributed by atoms with Gasteiger partial charge in [-0.1, -0.05) is 6.07 Å². The number of hydrogen-bond acceptors (Lipinski definition) is 2. The van der Waals surface area contributed by atoms with Crippen LogP contribution in [0.15, 0.2) is 40.9 Å². The first-order chi connectivity index (χ1) is 8.06. The fraction of sp³-hybridized carbons (Fsp3) is 0.0769. The Kier molecular flexibility index (Phi) is 3.33. The van der Waals surface area contributed by atoms with Crippen molar-refractivity contribution in [2.24, 2.45) is 0 Å². The minimum atomic E-state index is -0.260. The fourth-order valence-electron chi connectivity index (χ4n) is 1.51. The predicted molar refractivity (Wildman–Crippen MR) is 73.0 cm³/mol. The van der Waals surface area contributed by atoms with Crippen molar-refractivity contribution in [1.82, 2.24) is 0 Å². The normalized spacial score (nSPS) is 10.3. The van der Waals surface area contributed by atoms with Crippen LogP contribution in [0.5, 0.6) is 0 Å². The van der Waals surface area contributed by atoms with Crippen LogP contribution in [0.25, 0.3) is 0 Å². The summed E-state index contributed by atoms with van der Waals surface area (Å²) in [5, 5.41) is 3.17. The molecule has 0 spiro atoms. The van der Waals surface area contributed by atoms with Crippen molar-refractivity contribution >= 4 is 33.0 Å². The molecule has 0 aliphatic heterocycles.